The lowest BCUT2D eigenvalue weighted by atomic mass is 10.1. The molecular formula is C8H10ClNOS. The third kappa shape index (κ3) is 1.62. The summed E-state index contributed by atoms with van der Waals surface area (Å²) >= 11 is 7.20. The van der Waals surface area contributed by atoms with E-state index in [0.717, 1.165) is 16.0 Å². The van der Waals surface area contributed by atoms with Crippen molar-refractivity contribution in [2.24, 2.45) is 0 Å². The predicted octanol–water partition coefficient (Wildman–Crippen LogP) is 2.15. The van der Waals surface area contributed by atoms with Gasteiger partial charge >= 0.3 is 0 Å². The van der Waals surface area contributed by atoms with E-state index in [1.165, 1.54) is 11.3 Å². The molecule has 0 bridgehead atoms. The molecule has 0 aliphatic heterocycles. The van der Waals surface area contributed by atoms with Crippen molar-refractivity contribution in [1.29, 1.82) is 0 Å². The van der Waals surface area contributed by atoms with E-state index in [-0.39, 0.29) is 5.91 Å². The van der Waals surface area contributed by atoms with Crippen molar-refractivity contribution < 1.29 is 4.79 Å². The van der Waals surface area contributed by atoms with Crippen LogP contribution >= 0.6 is 22.9 Å². The maximum atomic E-state index is 11.3. The number of alkyl halides is 1. The summed E-state index contributed by atoms with van der Waals surface area (Å²) in [6.45, 7) is 1.91. The van der Waals surface area contributed by atoms with Crippen molar-refractivity contribution in [3.8, 4) is 0 Å². The van der Waals surface area contributed by atoms with E-state index in [4.69, 9.17) is 11.6 Å². The lowest BCUT2D eigenvalue weighted by molar-refractivity contribution is 0.0962. The van der Waals surface area contributed by atoms with Crippen LogP contribution in [-0.2, 0) is 5.88 Å². The van der Waals surface area contributed by atoms with Gasteiger partial charge in [-0.05, 0) is 17.9 Å². The third-order valence-corrected chi connectivity index (χ3v) is 3.16. The van der Waals surface area contributed by atoms with E-state index in [9.17, 15) is 4.79 Å². The molecule has 66 valence electrons. The maximum absolute atomic E-state index is 11.3. The van der Waals surface area contributed by atoms with Gasteiger partial charge in [-0.25, -0.2) is 0 Å². The molecule has 4 heteroatoms. The van der Waals surface area contributed by atoms with Gasteiger partial charge in [0.2, 0.25) is 0 Å². The van der Waals surface area contributed by atoms with Crippen molar-refractivity contribution in [2.75, 3.05) is 7.05 Å². The number of halogens is 1. The van der Waals surface area contributed by atoms with Crippen LogP contribution in [0.25, 0.3) is 0 Å². The number of thiophene rings is 1. The van der Waals surface area contributed by atoms with Gasteiger partial charge in [0, 0.05) is 11.9 Å². The van der Waals surface area contributed by atoms with Crippen molar-refractivity contribution in [3.63, 3.8) is 0 Å². The maximum Gasteiger partial charge on any atom is 0.252 e. The van der Waals surface area contributed by atoms with Gasteiger partial charge in [0.15, 0.2) is 0 Å². The zero-order chi connectivity index (χ0) is 9.14. The van der Waals surface area contributed by atoms with Crippen molar-refractivity contribution in [2.45, 2.75) is 12.8 Å². The fraction of sp³-hybridized carbons (Fsp3) is 0.375. The van der Waals surface area contributed by atoms with Crippen LogP contribution in [0.3, 0.4) is 0 Å². The van der Waals surface area contributed by atoms with Crippen molar-refractivity contribution in [3.05, 3.63) is 21.4 Å². The number of hydrogen-bond donors (Lipinski definition) is 1. The molecule has 2 nitrogen and oxygen atoms in total. The molecule has 0 aliphatic rings. The molecule has 0 aliphatic carbocycles. The zero-order valence-corrected chi connectivity index (χ0v) is 8.55. The molecule has 1 rings (SSSR count). The number of amides is 1. The van der Waals surface area contributed by atoms with Gasteiger partial charge in [-0.1, -0.05) is 0 Å². The Hall–Kier alpha value is -0.540. The van der Waals surface area contributed by atoms with Gasteiger partial charge in [0.25, 0.3) is 5.91 Å². The minimum atomic E-state index is -0.0515. The van der Waals surface area contributed by atoms with Crippen LogP contribution < -0.4 is 5.32 Å². The average molecular weight is 204 g/mol. The van der Waals surface area contributed by atoms with Gasteiger partial charge in [0.05, 0.1) is 11.4 Å². The van der Waals surface area contributed by atoms with Crippen LogP contribution in [0.4, 0.5) is 0 Å². The molecule has 0 fully saturated rings. The second-order valence-electron chi connectivity index (χ2n) is 2.43. The van der Waals surface area contributed by atoms with Crippen LogP contribution in [0, 0.1) is 6.92 Å². The fourth-order valence-electron chi connectivity index (χ4n) is 1.03. The first-order valence-electron chi connectivity index (χ1n) is 3.55. The third-order valence-electron chi connectivity index (χ3n) is 1.63. The molecule has 1 heterocycles. The first-order valence-corrected chi connectivity index (χ1v) is 4.97. The summed E-state index contributed by atoms with van der Waals surface area (Å²) in [5, 5.41) is 4.54. The number of nitrogens with one attached hydrogen (secondary N) is 1. The number of carbonyl (C=O) groups is 1. The number of aryl methyl sites for hydroxylation is 1. The Kier molecular flexibility index (Phi) is 3.12. The molecule has 0 atom stereocenters. The molecule has 0 aromatic carbocycles. The first-order chi connectivity index (χ1) is 5.70. The average Bonchev–Trinajstić information content (AvgIpc) is 2.45. The lowest BCUT2D eigenvalue weighted by Crippen LogP contribution is -2.19. The van der Waals surface area contributed by atoms with Gasteiger partial charge in [-0.3, -0.25) is 4.79 Å². The van der Waals surface area contributed by atoms with Gasteiger partial charge in [-0.2, -0.15) is 0 Å². The zero-order valence-electron chi connectivity index (χ0n) is 6.98. The topological polar surface area (TPSA) is 29.1 Å². The highest BCUT2D eigenvalue weighted by molar-refractivity contribution is 7.10. The summed E-state index contributed by atoms with van der Waals surface area (Å²) in [4.78, 5) is 12.3. The van der Waals surface area contributed by atoms with Gasteiger partial charge < -0.3 is 5.32 Å². The van der Waals surface area contributed by atoms with Crippen LogP contribution in [0.5, 0.6) is 0 Å². The number of hydrogen-bond acceptors (Lipinski definition) is 2. The van der Waals surface area contributed by atoms with E-state index in [2.05, 4.69) is 5.32 Å². The SMILES string of the molecule is CNC(=O)c1c(C)csc1CCl. The summed E-state index contributed by atoms with van der Waals surface area (Å²) in [5.41, 5.74) is 1.73. The summed E-state index contributed by atoms with van der Waals surface area (Å²) in [6, 6.07) is 0. The Morgan fingerprint density at radius 3 is 2.92 bits per heavy atom. The van der Waals surface area contributed by atoms with Crippen LogP contribution in [0.1, 0.15) is 20.8 Å². The summed E-state index contributed by atoms with van der Waals surface area (Å²) in [7, 11) is 1.62. The summed E-state index contributed by atoms with van der Waals surface area (Å²) in [5.74, 6) is 0.353. The highest BCUT2D eigenvalue weighted by Crippen LogP contribution is 2.23. The molecule has 0 saturated heterocycles. The Balaban J connectivity index is 3.10. The lowest BCUT2D eigenvalue weighted by Gasteiger charge is -2.00. The number of carbonyl (C=O) groups excluding carboxylic acids is 1. The normalized spacial score (nSPS) is 9.92. The van der Waals surface area contributed by atoms with Gasteiger partial charge in [0.1, 0.15) is 0 Å². The predicted molar refractivity (Wildman–Crippen MR) is 52.0 cm³/mol. The molecular weight excluding hydrogens is 194 g/mol. The van der Waals surface area contributed by atoms with Crippen LogP contribution in [-0.4, -0.2) is 13.0 Å². The standard InChI is InChI=1S/C8H10ClNOS/c1-5-4-12-6(3-9)7(5)8(11)10-2/h4H,3H2,1-2H3,(H,10,11). The molecule has 12 heavy (non-hydrogen) atoms. The fourth-order valence-corrected chi connectivity index (χ4v) is 2.22. The molecule has 1 amide bonds. The quantitative estimate of drug-likeness (QED) is 0.734. The highest BCUT2D eigenvalue weighted by atomic mass is 35.5. The Morgan fingerprint density at radius 2 is 2.42 bits per heavy atom. The Labute approximate surface area is 80.5 Å². The number of rotatable bonds is 2. The summed E-state index contributed by atoms with van der Waals surface area (Å²) < 4.78 is 0. The summed E-state index contributed by atoms with van der Waals surface area (Å²) in [6.07, 6.45) is 0. The van der Waals surface area contributed by atoms with E-state index >= 15 is 0 Å². The monoisotopic (exact) mass is 203 g/mol. The molecule has 1 aromatic rings. The molecule has 0 spiro atoms. The van der Waals surface area contributed by atoms with Crippen molar-refractivity contribution in [1.82, 2.24) is 5.32 Å². The van der Waals surface area contributed by atoms with E-state index in [0.29, 0.717) is 5.88 Å². The molecule has 0 radical (unpaired) electrons. The van der Waals surface area contributed by atoms with Gasteiger partial charge in [-0.15, -0.1) is 22.9 Å². The largest absolute Gasteiger partial charge is 0.355 e. The minimum absolute atomic E-state index is 0.0515. The Bertz CT molecular complexity index is 295. The molecule has 0 saturated carbocycles. The second kappa shape index (κ2) is 3.92. The van der Waals surface area contributed by atoms with Crippen LogP contribution in [0.2, 0.25) is 0 Å². The van der Waals surface area contributed by atoms with E-state index in [1.807, 2.05) is 12.3 Å². The minimum Gasteiger partial charge on any atom is -0.355 e. The van der Waals surface area contributed by atoms with E-state index in [1.54, 1.807) is 7.05 Å². The molecule has 1 aromatic heterocycles. The first kappa shape index (κ1) is 9.55. The second-order valence-corrected chi connectivity index (χ2v) is 3.66. The Morgan fingerprint density at radius 1 is 1.75 bits per heavy atom. The molecule has 1 N–H and O–H groups in total. The van der Waals surface area contributed by atoms with Crippen molar-refractivity contribution >= 4 is 28.8 Å². The van der Waals surface area contributed by atoms with E-state index < -0.39 is 0 Å². The highest BCUT2D eigenvalue weighted by Gasteiger charge is 2.13. The smallest absolute Gasteiger partial charge is 0.252 e. The van der Waals surface area contributed by atoms with Crippen LogP contribution in [0.15, 0.2) is 5.38 Å². The molecule has 0 unspecified atom stereocenters.